The number of nitrogens with zero attached hydrogens (tertiary/aromatic N) is 4. The minimum Gasteiger partial charge on any atom is -0.480 e. The summed E-state index contributed by atoms with van der Waals surface area (Å²) in [4.78, 5) is 33.9. The first-order valence-electron chi connectivity index (χ1n) is 14.6. The van der Waals surface area contributed by atoms with Crippen molar-refractivity contribution in [1.82, 2.24) is 14.3 Å². The summed E-state index contributed by atoms with van der Waals surface area (Å²) in [6, 6.07) is 25.4. The van der Waals surface area contributed by atoms with Crippen LogP contribution in [0.2, 0.25) is 0 Å². The van der Waals surface area contributed by atoms with Crippen LogP contribution < -0.4 is 4.90 Å². The fraction of sp³-hybridized carbons (Fsp3) is 0.294. The molecule has 11 heteroatoms. The number of carbonyl (C=O) groups excluding carboxylic acids is 1. The van der Waals surface area contributed by atoms with E-state index < -0.39 is 34.2 Å². The van der Waals surface area contributed by atoms with Gasteiger partial charge < -0.3 is 9.84 Å². The van der Waals surface area contributed by atoms with Crippen LogP contribution in [0.25, 0.3) is 11.1 Å². The molecule has 0 bridgehead atoms. The maximum atomic E-state index is 13.8. The Labute approximate surface area is 264 Å². The number of aliphatic carboxylic acids is 1. The maximum absolute atomic E-state index is 13.8. The van der Waals surface area contributed by atoms with Gasteiger partial charge in [-0.15, -0.1) is 0 Å². The van der Waals surface area contributed by atoms with Crippen LogP contribution in [0.3, 0.4) is 0 Å². The average molecular weight is 631 g/mol. The molecule has 0 atom stereocenters. The van der Waals surface area contributed by atoms with Gasteiger partial charge >= 0.3 is 12.1 Å². The second-order valence-electron chi connectivity index (χ2n) is 11.5. The van der Waals surface area contributed by atoms with Crippen molar-refractivity contribution in [3.05, 3.63) is 108 Å². The maximum Gasteiger partial charge on any atom is 0.416 e. The lowest BCUT2D eigenvalue weighted by atomic mass is 10.00. The van der Waals surface area contributed by atoms with E-state index in [1.807, 2.05) is 30.3 Å². The van der Waals surface area contributed by atoms with E-state index in [4.69, 9.17) is 4.74 Å². The average Bonchev–Trinajstić information content (AvgIpc) is 3.00. The topological polar surface area (TPSA) is 130 Å². The Balaban J connectivity index is 1.65. The highest BCUT2D eigenvalue weighted by Gasteiger charge is 2.29. The van der Waals surface area contributed by atoms with E-state index in [2.05, 4.69) is 35.1 Å². The fourth-order valence-electron chi connectivity index (χ4n) is 4.64. The van der Waals surface area contributed by atoms with Crippen molar-refractivity contribution in [3.8, 4) is 11.1 Å². The molecule has 0 aliphatic carbocycles. The Bertz CT molecular complexity index is 1720. The van der Waals surface area contributed by atoms with Crippen LogP contribution in [0.15, 0.2) is 96.2 Å². The van der Waals surface area contributed by atoms with Crippen LogP contribution in [-0.4, -0.2) is 52.0 Å². The van der Waals surface area contributed by atoms with Crippen molar-refractivity contribution in [1.29, 1.82) is 0 Å². The zero-order chi connectivity index (χ0) is 32.6. The number of aryl methyl sites for hydroxylation is 1. The molecule has 2 aromatic heterocycles. The molecule has 0 spiro atoms. The quantitative estimate of drug-likeness (QED) is 0.193. The van der Waals surface area contributed by atoms with E-state index in [1.54, 1.807) is 45.0 Å². The largest absolute Gasteiger partial charge is 0.480 e. The van der Waals surface area contributed by atoms with Gasteiger partial charge in [-0.1, -0.05) is 74.0 Å². The van der Waals surface area contributed by atoms with Gasteiger partial charge in [0.15, 0.2) is 5.03 Å². The van der Waals surface area contributed by atoms with Gasteiger partial charge in [0.25, 0.3) is 10.0 Å². The van der Waals surface area contributed by atoms with E-state index in [0.717, 1.165) is 34.4 Å². The molecule has 4 rings (SSSR count). The molecule has 2 heterocycles. The second kappa shape index (κ2) is 14.4. The Morgan fingerprint density at radius 1 is 0.867 bits per heavy atom. The van der Waals surface area contributed by atoms with Crippen molar-refractivity contribution in [2.45, 2.75) is 64.3 Å². The number of amides is 1. The zero-order valence-corrected chi connectivity index (χ0v) is 26.7. The summed E-state index contributed by atoms with van der Waals surface area (Å²) in [6.45, 7) is 6.33. The number of aromatic nitrogens is 2. The monoisotopic (exact) mass is 630 g/mol. The molecule has 0 radical (unpaired) electrons. The molecule has 10 nitrogen and oxygen atoms in total. The minimum absolute atomic E-state index is 0.0197. The lowest BCUT2D eigenvalue weighted by Gasteiger charge is -2.26. The van der Waals surface area contributed by atoms with Crippen LogP contribution in [-0.2, 0) is 39.1 Å². The first kappa shape index (κ1) is 33.3. The molecule has 0 aliphatic heterocycles. The second-order valence-corrected chi connectivity index (χ2v) is 13.4. The van der Waals surface area contributed by atoms with E-state index in [-0.39, 0.29) is 23.9 Å². The van der Waals surface area contributed by atoms with Gasteiger partial charge in [0.05, 0.1) is 12.2 Å². The lowest BCUT2D eigenvalue weighted by Crippen LogP contribution is -2.40. The first-order chi connectivity index (χ1) is 21.4. The summed E-state index contributed by atoms with van der Waals surface area (Å²) in [5.41, 5.74) is 3.55. The van der Waals surface area contributed by atoms with E-state index >= 15 is 0 Å². The summed E-state index contributed by atoms with van der Waals surface area (Å²) in [6.07, 6.45) is 2.58. The van der Waals surface area contributed by atoms with Crippen molar-refractivity contribution < 1.29 is 27.9 Å². The van der Waals surface area contributed by atoms with Gasteiger partial charge in [0.2, 0.25) is 0 Å². The highest BCUT2D eigenvalue weighted by molar-refractivity contribution is 7.89. The molecular weight excluding hydrogens is 592 g/mol. The normalized spacial score (nSPS) is 11.8. The van der Waals surface area contributed by atoms with Crippen molar-refractivity contribution in [2.24, 2.45) is 0 Å². The molecular formula is C34H38N4O6S. The smallest absolute Gasteiger partial charge is 0.416 e. The van der Waals surface area contributed by atoms with E-state index in [9.17, 15) is 23.1 Å². The number of carboxylic acid groups (broad SMARTS) is 1. The molecule has 0 fully saturated rings. The molecule has 0 saturated carbocycles. The summed E-state index contributed by atoms with van der Waals surface area (Å²) < 4.78 is 34.3. The standard InChI is InChI=1S/C34H38N4O6S/c1-5-10-25-11-8-12-28(21-25)27-18-16-26(17-19-27)22-37(45(42,43)31-15-6-7-20-35-31)23-29-13-9-14-30(36-29)38(24-32(39)40)33(41)44-34(2,3)4/h6-9,11-21H,5,10,22-24H2,1-4H3,(H,39,40). The molecule has 0 saturated heterocycles. The third-order valence-corrected chi connectivity index (χ3v) is 8.38. The Kier molecular flexibility index (Phi) is 10.7. The number of anilines is 1. The number of sulfonamides is 1. The van der Waals surface area contributed by atoms with E-state index in [0.29, 0.717) is 5.69 Å². The predicted molar refractivity (Wildman–Crippen MR) is 172 cm³/mol. The van der Waals surface area contributed by atoms with Crippen LogP contribution in [0.1, 0.15) is 50.9 Å². The number of pyridine rings is 2. The van der Waals surface area contributed by atoms with Crippen LogP contribution in [0.5, 0.6) is 0 Å². The number of benzene rings is 2. The minimum atomic E-state index is -4.08. The van der Waals surface area contributed by atoms with Gasteiger partial charge in [-0.2, -0.15) is 4.31 Å². The SMILES string of the molecule is CCCc1cccc(-c2ccc(CN(Cc3cccc(N(CC(=O)O)C(=O)OC(C)(C)C)n3)S(=O)(=O)c3ccccn3)cc2)c1. The predicted octanol–water partition coefficient (Wildman–Crippen LogP) is 6.31. The highest BCUT2D eigenvalue weighted by atomic mass is 32.2. The number of carboxylic acids is 1. The van der Waals surface area contributed by atoms with Gasteiger partial charge in [-0.25, -0.2) is 23.2 Å². The number of hydrogen-bond donors (Lipinski definition) is 1. The molecule has 1 amide bonds. The van der Waals surface area contributed by atoms with Gasteiger partial charge in [0, 0.05) is 12.7 Å². The summed E-state index contributed by atoms with van der Waals surface area (Å²) in [5.74, 6) is -1.23. The van der Waals surface area contributed by atoms with Gasteiger partial charge in [-0.3, -0.25) is 9.69 Å². The third-order valence-electron chi connectivity index (χ3n) is 6.67. The first-order valence-corrected chi connectivity index (χ1v) is 16.1. The zero-order valence-electron chi connectivity index (χ0n) is 25.9. The molecule has 0 aliphatic rings. The number of ether oxygens (including phenoxy) is 1. The fourth-order valence-corrected chi connectivity index (χ4v) is 5.97. The molecule has 2 aromatic carbocycles. The Morgan fingerprint density at radius 2 is 1.60 bits per heavy atom. The number of hydrogen-bond acceptors (Lipinski definition) is 7. The number of carbonyl (C=O) groups is 2. The molecule has 1 N–H and O–H groups in total. The Morgan fingerprint density at radius 3 is 2.24 bits per heavy atom. The van der Waals surface area contributed by atoms with Crippen LogP contribution in [0, 0.1) is 0 Å². The van der Waals surface area contributed by atoms with Gasteiger partial charge in [0.1, 0.15) is 18.0 Å². The van der Waals surface area contributed by atoms with Crippen molar-refractivity contribution >= 4 is 27.9 Å². The summed E-state index contributed by atoms with van der Waals surface area (Å²) >= 11 is 0. The molecule has 4 aromatic rings. The van der Waals surface area contributed by atoms with Crippen LogP contribution in [0.4, 0.5) is 10.6 Å². The summed E-state index contributed by atoms with van der Waals surface area (Å²) in [5, 5.41) is 9.34. The third kappa shape index (κ3) is 9.19. The number of rotatable bonds is 12. The summed E-state index contributed by atoms with van der Waals surface area (Å²) in [7, 11) is -4.08. The highest BCUT2D eigenvalue weighted by Crippen LogP contribution is 2.25. The molecule has 0 unspecified atom stereocenters. The van der Waals surface area contributed by atoms with Crippen LogP contribution >= 0.6 is 0 Å². The van der Waals surface area contributed by atoms with Crippen molar-refractivity contribution in [2.75, 3.05) is 11.4 Å². The van der Waals surface area contributed by atoms with E-state index in [1.165, 1.54) is 28.2 Å². The molecule has 236 valence electrons. The van der Waals surface area contributed by atoms with Gasteiger partial charge in [-0.05, 0) is 73.7 Å². The lowest BCUT2D eigenvalue weighted by molar-refractivity contribution is -0.135. The molecule has 45 heavy (non-hydrogen) atoms. The Hall–Kier alpha value is -4.61. The van der Waals surface area contributed by atoms with Crippen molar-refractivity contribution in [3.63, 3.8) is 0 Å².